The zero-order chi connectivity index (χ0) is 23.2. The highest BCUT2D eigenvalue weighted by atomic mass is 35.5. The van der Waals surface area contributed by atoms with Gasteiger partial charge in [0.25, 0.3) is 5.91 Å². The summed E-state index contributed by atoms with van der Waals surface area (Å²) in [5.74, 6) is 1.73. The van der Waals surface area contributed by atoms with Crippen molar-refractivity contribution in [1.82, 2.24) is 10.2 Å². The molecule has 2 heterocycles. The molecule has 2 aliphatic rings. The van der Waals surface area contributed by atoms with Crippen LogP contribution in [-0.2, 0) is 0 Å². The van der Waals surface area contributed by atoms with Gasteiger partial charge in [0.2, 0.25) is 0 Å². The van der Waals surface area contributed by atoms with Gasteiger partial charge in [-0.15, -0.1) is 0 Å². The largest absolute Gasteiger partial charge is 0.496 e. The van der Waals surface area contributed by atoms with Gasteiger partial charge in [-0.1, -0.05) is 23.7 Å². The van der Waals surface area contributed by atoms with E-state index in [2.05, 4.69) is 5.32 Å². The van der Waals surface area contributed by atoms with E-state index < -0.39 is 12.0 Å². The summed E-state index contributed by atoms with van der Waals surface area (Å²) in [5, 5.41) is 16.5. The number of carbonyl (C=O) groups excluding carboxylic acids is 1. The number of aliphatic hydroxyl groups excluding tert-OH is 1. The van der Waals surface area contributed by atoms with Crippen LogP contribution in [0.5, 0.6) is 17.2 Å². The third-order valence-electron chi connectivity index (χ3n) is 6.46. The second-order valence-electron chi connectivity index (χ2n) is 8.38. The van der Waals surface area contributed by atoms with Gasteiger partial charge in [-0.05, 0) is 42.0 Å². The number of benzene rings is 3. The third kappa shape index (κ3) is 3.86. The van der Waals surface area contributed by atoms with Gasteiger partial charge in [-0.2, -0.15) is 0 Å². The van der Waals surface area contributed by atoms with Crippen molar-refractivity contribution in [1.29, 1.82) is 0 Å². The van der Waals surface area contributed by atoms with Crippen LogP contribution in [-0.4, -0.2) is 48.9 Å². The molecule has 3 aromatic rings. The molecule has 2 N–H and O–H groups in total. The summed E-state index contributed by atoms with van der Waals surface area (Å²) < 4.78 is 17.3. The molecule has 0 radical (unpaired) electrons. The molecule has 1 fully saturated rings. The van der Waals surface area contributed by atoms with Crippen LogP contribution < -0.4 is 19.5 Å². The molecule has 1 spiro atoms. The number of halogens is 1. The Labute approximate surface area is 196 Å². The van der Waals surface area contributed by atoms with E-state index in [-0.39, 0.29) is 5.91 Å². The fourth-order valence-corrected chi connectivity index (χ4v) is 4.86. The molecule has 172 valence electrons. The molecule has 5 rings (SSSR count). The maximum absolute atomic E-state index is 12.7. The van der Waals surface area contributed by atoms with Crippen LogP contribution in [0.15, 0.2) is 48.5 Å². The molecule has 1 saturated heterocycles. The van der Waals surface area contributed by atoms with Crippen molar-refractivity contribution < 1.29 is 24.1 Å². The second kappa shape index (κ2) is 8.41. The van der Waals surface area contributed by atoms with E-state index in [0.717, 1.165) is 16.5 Å². The van der Waals surface area contributed by atoms with Crippen molar-refractivity contribution in [2.24, 2.45) is 0 Å². The van der Waals surface area contributed by atoms with Crippen molar-refractivity contribution in [3.63, 3.8) is 0 Å². The molecule has 33 heavy (non-hydrogen) atoms. The first kappa shape index (κ1) is 21.8. The Morgan fingerprint density at radius 1 is 1.06 bits per heavy atom. The molecule has 3 aromatic carbocycles. The maximum atomic E-state index is 12.7. The van der Waals surface area contributed by atoms with E-state index in [1.54, 1.807) is 32.4 Å². The minimum Gasteiger partial charge on any atom is -0.496 e. The smallest absolute Gasteiger partial charge is 0.258 e. The molecular formula is C25H25ClN2O5. The van der Waals surface area contributed by atoms with Crippen LogP contribution in [0.4, 0.5) is 0 Å². The summed E-state index contributed by atoms with van der Waals surface area (Å²) >= 11 is 6.02. The fourth-order valence-electron chi connectivity index (χ4n) is 4.69. The highest BCUT2D eigenvalue weighted by Gasteiger charge is 2.43. The summed E-state index contributed by atoms with van der Waals surface area (Å²) in [6, 6.07) is 14.6. The summed E-state index contributed by atoms with van der Waals surface area (Å²) in [5.41, 5.74) is 0.361. The predicted octanol–water partition coefficient (Wildman–Crippen LogP) is 4.12. The minimum atomic E-state index is -0.837. The number of aliphatic hydroxyl groups is 1. The van der Waals surface area contributed by atoms with E-state index in [0.29, 0.717) is 53.6 Å². The lowest BCUT2D eigenvalue weighted by Gasteiger charge is -2.45. The fraction of sp³-hybridized carbons (Fsp3) is 0.320. The molecule has 8 heteroatoms. The van der Waals surface area contributed by atoms with Crippen LogP contribution in [0, 0.1) is 0 Å². The lowest BCUT2D eigenvalue weighted by atomic mass is 9.95. The molecule has 0 aliphatic carbocycles. The Kier molecular flexibility index (Phi) is 5.56. The van der Waals surface area contributed by atoms with Gasteiger partial charge in [-0.3, -0.25) is 9.69 Å². The molecule has 1 amide bonds. The summed E-state index contributed by atoms with van der Waals surface area (Å²) in [6.07, 6.45) is 0.230. The van der Waals surface area contributed by atoms with Crippen LogP contribution in [0.25, 0.3) is 10.8 Å². The molecule has 7 nitrogen and oxygen atoms in total. The second-order valence-corrected chi connectivity index (χ2v) is 8.82. The predicted molar refractivity (Wildman–Crippen MR) is 125 cm³/mol. The zero-order valence-corrected chi connectivity index (χ0v) is 19.2. The van der Waals surface area contributed by atoms with E-state index in [1.165, 1.54) is 0 Å². The van der Waals surface area contributed by atoms with Crippen LogP contribution in [0.1, 0.15) is 35.0 Å². The Bertz CT molecular complexity index is 1220. The average molecular weight is 469 g/mol. The number of piperidine rings is 1. The molecule has 1 unspecified atom stereocenters. The number of hydrogen-bond acceptors (Lipinski definition) is 6. The first-order valence-electron chi connectivity index (χ1n) is 10.8. The Hall–Kier alpha value is -3.00. The van der Waals surface area contributed by atoms with E-state index >= 15 is 0 Å². The SMILES string of the molecule is COc1cc(C(O)N2CCC3(CC2)NC(=O)c2cc(Cl)ccc2O3)cc2c(OC)cccc12. The van der Waals surface area contributed by atoms with E-state index in [9.17, 15) is 9.90 Å². The average Bonchev–Trinajstić information content (AvgIpc) is 2.83. The summed E-state index contributed by atoms with van der Waals surface area (Å²) in [6.45, 7) is 1.08. The van der Waals surface area contributed by atoms with Crippen molar-refractivity contribution in [3.05, 3.63) is 64.7 Å². The number of nitrogens with one attached hydrogen (secondary N) is 1. The number of fused-ring (bicyclic) bond motifs is 2. The number of amides is 1. The highest BCUT2D eigenvalue weighted by Crippen LogP contribution is 2.39. The highest BCUT2D eigenvalue weighted by molar-refractivity contribution is 6.31. The number of hydrogen-bond donors (Lipinski definition) is 2. The third-order valence-corrected chi connectivity index (χ3v) is 6.70. The van der Waals surface area contributed by atoms with Crippen molar-refractivity contribution in [3.8, 4) is 17.2 Å². The monoisotopic (exact) mass is 468 g/mol. The molecule has 0 bridgehead atoms. The number of methoxy groups -OCH3 is 2. The minimum absolute atomic E-state index is 0.195. The topological polar surface area (TPSA) is 80.3 Å². The van der Waals surface area contributed by atoms with Gasteiger partial charge in [0.1, 0.15) is 23.5 Å². The van der Waals surface area contributed by atoms with Gasteiger partial charge in [-0.25, -0.2) is 0 Å². The van der Waals surface area contributed by atoms with Gasteiger partial charge in [0.05, 0.1) is 19.8 Å². The zero-order valence-electron chi connectivity index (χ0n) is 18.4. The Balaban J connectivity index is 1.37. The van der Waals surface area contributed by atoms with E-state index in [1.807, 2.05) is 35.2 Å². The Morgan fingerprint density at radius 2 is 1.82 bits per heavy atom. The number of carbonyl (C=O) groups is 1. The van der Waals surface area contributed by atoms with Crippen molar-refractivity contribution >= 4 is 28.3 Å². The number of nitrogens with zero attached hydrogens (tertiary/aromatic N) is 1. The van der Waals surface area contributed by atoms with Crippen LogP contribution in [0.3, 0.4) is 0 Å². The molecule has 0 aromatic heterocycles. The maximum Gasteiger partial charge on any atom is 0.258 e. The van der Waals surface area contributed by atoms with Crippen molar-refractivity contribution in [2.75, 3.05) is 27.3 Å². The lowest BCUT2D eigenvalue weighted by molar-refractivity contribution is -0.0770. The van der Waals surface area contributed by atoms with Gasteiger partial charge >= 0.3 is 0 Å². The van der Waals surface area contributed by atoms with Crippen molar-refractivity contribution in [2.45, 2.75) is 24.8 Å². The lowest BCUT2D eigenvalue weighted by Crippen LogP contribution is -2.61. The molecule has 2 aliphatic heterocycles. The number of rotatable bonds is 4. The normalized spacial score (nSPS) is 18.4. The van der Waals surface area contributed by atoms with Gasteiger partial charge in [0, 0.05) is 41.7 Å². The Morgan fingerprint density at radius 3 is 2.55 bits per heavy atom. The van der Waals surface area contributed by atoms with E-state index in [4.69, 9.17) is 25.8 Å². The van der Waals surface area contributed by atoms with Crippen LogP contribution in [0.2, 0.25) is 5.02 Å². The number of likely N-dealkylation sites (tertiary alicyclic amines) is 1. The molecule has 1 atom stereocenters. The summed E-state index contributed by atoms with van der Waals surface area (Å²) in [7, 11) is 3.24. The first-order valence-corrected chi connectivity index (χ1v) is 11.2. The van der Waals surface area contributed by atoms with Crippen LogP contribution >= 0.6 is 11.6 Å². The molecular weight excluding hydrogens is 444 g/mol. The number of ether oxygens (including phenoxy) is 3. The summed E-state index contributed by atoms with van der Waals surface area (Å²) in [4.78, 5) is 14.6. The molecule has 0 saturated carbocycles. The van der Waals surface area contributed by atoms with Gasteiger partial charge < -0.3 is 24.6 Å². The standard InChI is InChI=1S/C25H25ClN2O5/c1-31-20-5-3-4-17-18(20)12-15(13-22(17)32-2)24(30)28-10-8-25(9-11-28)27-23(29)19-14-16(26)6-7-21(19)33-25/h3-7,12-14,24,30H,8-11H2,1-2H3,(H,27,29). The van der Waals surface area contributed by atoms with Gasteiger partial charge in [0.15, 0.2) is 5.72 Å². The first-order chi connectivity index (χ1) is 15.9. The quantitative estimate of drug-likeness (QED) is 0.599.